The largest absolute Gasteiger partial charge is 0.388 e. The van der Waals surface area contributed by atoms with Crippen molar-refractivity contribution in [3.05, 3.63) is 29.8 Å². The molecular formula is C14H18N2O2. The van der Waals surface area contributed by atoms with Crippen LogP contribution in [0.4, 0.5) is 5.69 Å². The molecule has 1 unspecified atom stereocenters. The second-order valence-electron chi connectivity index (χ2n) is 4.45. The van der Waals surface area contributed by atoms with E-state index in [2.05, 4.69) is 11.0 Å². The number of aliphatic hydroxyl groups excluding tert-OH is 1. The molecule has 2 atom stereocenters. The topological polar surface area (TPSA) is 56.5 Å². The Balaban J connectivity index is 2.07. The Labute approximate surface area is 107 Å². The standard InChI is InChI=1S/C14H18N2O2/c1-2-14(17)11-3-5-12(6-4-11)16-7-8-18-13(9-15)10-16/h3-6,13-14,17H,2,7-8,10H2,1H3/t13?,14-/m1/s1. The van der Waals surface area contributed by atoms with Crippen LogP contribution in [-0.2, 0) is 4.74 Å². The van der Waals surface area contributed by atoms with E-state index in [0.29, 0.717) is 19.6 Å². The van der Waals surface area contributed by atoms with E-state index in [0.717, 1.165) is 17.8 Å². The molecule has 1 aliphatic heterocycles. The minimum Gasteiger partial charge on any atom is -0.388 e. The molecule has 1 aliphatic rings. The van der Waals surface area contributed by atoms with Gasteiger partial charge in [0.2, 0.25) is 0 Å². The van der Waals surface area contributed by atoms with E-state index in [1.54, 1.807) is 0 Å². The quantitative estimate of drug-likeness (QED) is 0.884. The molecular weight excluding hydrogens is 228 g/mol. The Kier molecular flexibility index (Phi) is 4.19. The lowest BCUT2D eigenvalue weighted by atomic mass is 10.1. The molecule has 1 aromatic carbocycles. The van der Waals surface area contributed by atoms with Gasteiger partial charge in [-0.25, -0.2) is 0 Å². The van der Waals surface area contributed by atoms with Gasteiger partial charge < -0.3 is 14.7 Å². The number of anilines is 1. The Morgan fingerprint density at radius 2 is 2.22 bits per heavy atom. The molecule has 18 heavy (non-hydrogen) atoms. The van der Waals surface area contributed by atoms with Crippen LogP contribution in [0, 0.1) is 11.3 Å². The number of aliphatic hydroxyl groups is 1. The van der Waals surface area contributed by atoms with E-state index in [4.69, 9.17) is 10.00 Å². The fourth-order valence-corrected chi connectivity index (χ4v) is 2.10. The minimum atomic E-state index is -0.393. The summed E-state index contributed by atoms with van der Waals surface area (Å²) < 4.78 is 5.32. The van der Waals surface area contributed by atoms with Crippen LogP contribution in [0.5, 0.6) is 0 Å². The molecule has 1 N–H and O–H groups in total. The molecule has 0 aromatic heterocycles. The smallest absolute Gasteiger partial charge is 0.161 e. The molecule has 0 amide bonds. The van der Waals surface area contributed by atoms with Crippen LogP contribution in [0.3, 0.4) is 0 Å². The third-order valence-electron chi connectivity index (χ3n) is 3.24. The summed E-state index contributed by atoms with van der Waals surface area (Å²) in [6, 6.07) is 10.0. The third kappa shape index (κ3) is 2.81. The average Bonchev–Trinajstić information content (AvgIpc) is 2.46. The fraction of sp³-hybridized carbons (Fsp3) is 0.500. The van der Waals surface area contributed by atoms with Gasteiger partial charge in [0.15, 0.2) is 6.10 Å². The Morgan fingerprint density at radius 1 is 1.50 bits per heavy atom. The van der Waals surface area contributed by atoms with E-state index in [1.165, 1.54) is 0 Å². The molecule has 96 valence electrons. The first-order valence-electron chi connectivity index (χ1n) is 6.28. The minimum absolute atomic E-state index is 0.348. The summed E-state index contributed by atoms with van der Waals surface area (Å²) in [5, 5.41) is 18.6. The highest BCUT2D eigenvalue weighted by molar-refractivity contribution is 5.48. The Morgan fingerprint density at radius 3 is 2.83 bits per heavy atom. The Bertz CT molecular complexity index is 424. The van der Waals surface area contributed by atoms with Gasteiger partial charge in [-0.1, -0.05) is 19.1 Å². The van der Waals surface area contributed by atoms with Crippen molar-refractivity contribution in [2.75, 3.05) is 24.6 Å². The van der Waals surface area contributed by atoms with Crippen molar-refractivity contribution in [3.63, 3.8) is 0 Å². The SMILES string of the molecule is CC[C@@H](O)c1ccc(N2CCOC(C#N)C2)cc1. The first kappa shape index (κ1) is 12.9. The number of hydrogen-bond acceptors (Lipinski definition) is 4. The Hall–Kier alpha value is -1.57. The van der Waals surface area contributed by atoms with E-state index in [1.807, 2.05) is 31.2 Å². The molecule has 0 aliphatic carbocycles. The van der Waals surface area contributed by atoms with Crippen molar-refractivity contribution >= 4 is 5.69 Å². The maximum atomic E-state index is 9.73. The van der Waals surface area contributed by atoms with Crippen molar-refractivity contribution in [3.8, 4) is 6.07 Å². The lowest BCUT2D eigenvalue weighted by molar-refractivity contribution is 0.0764. The van der Waals surface area contributed by atoms with Crippen molar-refractivity contribution in [1.82, 2.24) is 0 Å². The molecule has 4 nitrogen and oxygen atoms in total. The summed E-state index contributed by atoms with van der Waals surface area (Å²) in [7, 11) is 0. The first-order chi connectivity index (χ1) is 8.74. The lowest BCUT2D eigenvalue weighted by Gasteiger charge is -2.31. The summed E-state index contributed by atoms with van der Waals surface area (Å²) in [5.41, 5.74) is 2.01. The van der Waals surface area contributed by atoms with Gasteiger partial charge in [0.05, 0.1) is 25.3 Å². The number of rotatable bonds is 3. The van der Waals surface area contributed by atoms with Gasteiger partial charge in [-0.3, -0.25) is 0 Å². The second kappa shape index (κ2) is 5.85. The number of nitriles is 1. The van der Waals surface area contributed by atoms with Crippen LogP contribution in [0.1, 0.15) is 25.0 Å². The second-order valence-corrected chi connectivity index (χ2v) is 4.45. The van der Waals surface area contributed by atoms with Gasteiger partial charge in [0.25, 0.3) is 0 Å². The summed E-state index contributed by atoms with van der Waals surface area (Å²) in [4.78, 5) is 2.14. The van der Waals surface area contributed by atoms with Crippen LogP contribution in [0.15, 0.2) is 24.3 Å². The van der Waals surface area contributed by atoms with Crippen LogP contribution in [0.2, 0.25) is 0 Å². The van der Waals surface area contributed by atoms with Crippen LogP contribution in [-0.4, -0.2) is 30.9 Å². The van der Waals surface area contributed by atoms with E-state index >= 15 is 0 Å². The van der Waals surface area contributed by atoms with Gasteiger partial charge in [0.1, 0.15) is 0 Å². The van der Waals surface area contributed by atoms with E-state index < -0.39 is 6.10 Å². The van der Waals surface area contributed by atoms with Gasteiger partial charge >= 0.3 is 0 Å². The van der Waals surface area contributed by atoms with Gasteiger partial charge in [-0.15, -0.1) is 0 Å². The van der Waals surface area contributed by atoms with Crippen molar-refractivity contribution in [1.29, 1.82) is 5.26 Å². The predicted molar refractivity (Wildman–Crippen MR) is 69.3 cm³/mol. The van der Waals surface area contributed by atoms with Gasteiger partial charge in [-0.2, -0.15) is 5.26 Å². The molecule has 1 heterocycles. The number of morpholine rings is 1. The normalized spacial score (nSPS) is 21.4. The highest BCUT2D eigenvalue weighted by Crippen LogP contribution is 2.22. The summed E-state index contributed by atoms with van der Waals surface area (Å²) >= 11 is 0. The van der Waals surface area contributed by atoms with Gasteiger partial charge in [-0.05, 0) is 24.1 Å². The van der Waals surface area contributed by atoms with Crippen LogP contribution in [0.25, 0.3) is 0 Å². The summed E-state index contributed by atoms with van der Waals surface area (Å²) in [6.45, 7) is 3.94. The number of hydrogen-bond donors (Lipinski definition) is 1. The van der Waals surface area contributed by atoms with Crippen molar-refractivity contribution in [2.45, 2.75) is 25.6 Å². The first-order valence-corrected chi connectivity index (χ1v) is 6.28. The maximum Gasteiger partial charge on any atom is 0.161 e. The van der Waals surface area contributed by atoms with Crippen molar-refractivity contribution < 1.29 is 9.84 Å². The molecule has 4 heteroatoms. The monoisotopic (exact) mass is 246 g/mol. The highest BCUT2D eigenvalue weighted by Gasteiger charge is 2.20. The molecule has 0 spiro atoms. The molecule has 1 fully saturated rings. The zero-order valence-electron chi connectivity index (χ0n) is 10.5. The third-order valence-corrected chi connectivity index (χ3v) is 3.24. The maximum absolute atomic E-state index is 9.73. The van der Waals surface area contributed by atoms with Crippen LogP contribution < -0.4 is 4.90 Å². The molecule has 2 rings (SSSR count). The molecule has 0 radical (unpaired) electrons. The van der Waals surface area contributed by atoms with E-state index in [9.17, 15) is 5.11 Å². The fourth-order valence-electron chi connectivity index (χ4n) is 2.10. The van der Waals surface area contributed by atoms with Gasteiger partial charge in [0, 0.05) is 12.2 Å². The molecule has 1 aromatic rings. The summed E-state index contributed by atoms with van der Waals surface area (Å²) in [6.07, 6.45) is -0.0248. The van der Waals surface area contributed by atoms with Crippen molar-refractivity contribution in [2.24, 2.45) is 0 Å². The zero-order chi connectivity index (χ0) is 13.0. The number of nitrogens with zero attached hydrogens (tertiary/aromatic N) is 2. The predicted octanol–water partition coefficient (Wildman–Crippen LogP) is 1.86. The lowest BCUT2D eigenvalue weighted by Crippen LogP contribution is -2.41. The highest BCUT2D eigenvalue weighted by atomic mass is 16.5. The molecule has 0 saturated carbocycles. The number of benzene rings is 1. The average molecular weight is 246 g/mol. The molecule has 1 saturated heterocycles. The number of ether oxygens (including phenoxy) is 1. The molecule has 0 bridgehead atoms. The van der Waals surface area contributed by atoms with Crippen LogP contribution >= 0.6 is 0 Å². The zero-order valence-corrected chi connectivity index (χ0v) is 10.5. The summed E-state index contributed by atoms with van der Waals surface area (Å²) in [5.74, 6) is 0. The van der Waals surface area contributed by atoms with E-state index in [-0.39, 0.29) is 6.10 Å².